The highest BCUT2D eigenvalue weighted by atomic mass is 32.1. The minimum Gasteiger partial charge on any atom is -0.456 e. The Morgan fingerprint density at radius 2 is 0.424 bits per heavy atom. The number of nitrogens with zero attached hydrogens (tertiary/aromatic N) is 15. The van der Waals surface area contributed by atoms with E-state index in [1.165, 1.54) is 84.9 Å². The average Bonchev–Trinajstić information content (AvgIpc) is 1.60. The number of aromatic nitrogens is 15. The lowest BCUT2D eigenvalue weighted by Crippen LogP contribution is -2.00. The molecule has 9 aromatic heterocycles. The summed E-state index contributed by atoms with van der Waals surface area (Å²) in [4.78, 5) is 72.4. The van der Waals surface area contributed by atoms with Crippen LogP contribution in [0.4, 0.5) is 0 Å². The van der Waals surface area contributed by atoms with Gasteiger partial charge in [0.05, 0.1) is 34.2 Å². The fourth-order valence-corrected chi connectivity index (χ4v) is 20.7. The van der Waals surface area contributed by atoms with Gasteiger partial charge in [-0.2, -0.15) is 0 Å². The first-order chi connectivity index (χ1) is 65.3. The molecule has 0 bridgehead atoms. The summed E-state index contributed by atoms with van der Waals surface area (Å²) in [5, 5.41) is 6.86. The molecule has 0 radical (unpaired) electrons. The van der Waals surface area contributed by atoms with Crippen LogP contribution in [0.2, 0.25) is 0 Å². The molecule has 0 amide bonds. The highest BCUT2D eigenvalue weighted by Crippen LogP contribution is 2.48. The zero-order valence-electron chi connectivity index (χ0n) is 70.4. The van der Waals surface area contributed by atoms with Crippen LogP contribution < -0.4 is 0 Å². The summed E-state index contributed by atoms with van der Waals surface area (Å²) in [7, 11) is 0. The van der Waals surface area contributed by atoms with Crippen LogP contribution in [-0.4, -0.2) is 74.8 Å². The first kappa shape index (κ1) is 77.2. The molecule has 618 valence electrons. The number of furan rings is 1. The Bertz CT molecular complexity index is 8190. The van der Waals surface area contributed by atoms with Crippen molar-refractivity contribution < 1.29 is 4.42 Å². The third-order valence-corrected chi connectivity index (χ3v) is 27.1. The highest BCUT2D eigenvalue weighted by molar-refractivity contribution is 7.26. The molecule has 0 atom stereocenters. The molecule has 0 saturated carbocycles. The maximum absolute atomic E-state index is 6.28. The normalized spacial score (nSPS) is 12.0. The second-order valence-corrected chi connectivity index (χ2v) is 35.0. The molecule has 16 nitrogen and oxygen atoms in total. The van der Waals surface area contributed by atoms with Crippen LogP contribution in [-0.2, 0) is 19.3 Å². The summed E-state index contributed by atoms with van der Waals surface area (Å²) >= 11 is 3.59. The molecule has 15 aromatic carbocycles. The lowest BCUT2D eigenvalue weighted by atomic mass is 10.0. The van der Waals surface area contributed by atoms with Crippen molar-refractivity contribution in [3.8, 4) is 170 Å². The SMILES string of the molecule is c1ccc(-c2nc(-c3ccccc3)nc(-c3ccc4c(c3)sc3cc(-c5ncnc6c5Cc5ccccc5-6)ccc34)n2)cc1.c1ccc(-c2nc(-c3ccccc3)nc(-c3ccc4oc5ccc(-c6ncnc7c6Cc6ccccc6-7)cc5c4c3)n2)cc1.c1ccc(-c2nc(-c3ccccc3)nc(-c3ccc4sc5ccc(-c6ncnc7c6Cc6ccccc6-7)cc5c4c3)n2)cc1. The van der Waals surface area contributed by atoms with Crippen molar-refractivity contribution in [2.45, 2.75) is 19.3 Å². The molecule has 27 rings (SSSR count). The second-order valence-electron chi connectivity index (χ2n) is 32.8. The number of benzene rings is 15. The number of hydrogen-bond donors (Lipinski definition) is 0. The molecule has 0 N–H and O–H groups in total. The zero-order valence-corrected chi connectivity index (χ0v) is 72.1. The highest BCUT2D eigenvalue weighted by Gasteiger charge is 2.29. The monoisotopic (exact) mass is 1730 g/mol. The summed E-state index contributed by atoms with van der Waals surface area (Å²) in [5.74, 6) is 5.83. The fourth-order valence-electron chi connectivity index (χ4n) is 18.5. The van der Waals surface area contributed by atoms with Crippen molar-refractivity contribution >= 4 is 85.0 Å². The molecule has 0 aliphatic heterocycles. The van der Waals surface area contributed by atoms with E-state index < -0.39 is 0 Å². The van der Waals surface area contributed by atoms with Gasteiger partial charge >= 0.3 is 0 Å². The largest absolute Gasteiger partial charge is 0.456 e. The van der Waals surface area contributed by atoms with E-state index in [1.54, 1.807) is 41.7 Å². The van der Waals surface area contributed by atoms with Gasteiger partial charge in [-0.3, -0.25) is 0 Å². The standard InChI is InChI=1S/C38H23N5O.2C38H23N5S/c2*1-3-9-23(10-4-1)36-41-37(24-11-5-2-6-12-24)43-38(42-36)27-16-18-33-30(21-27)29-20-26(15-17-32(29)44-33)34-31-19-25-13-7-8-14-28(25)35(31)40-22-39-34;1-3-9-23(10-4-1)36-41-37(24-11-5-2-6-12-24)43-38(42-36)27-16-18-30-29-17-15-26(20-32(29)44-33(30)21-27)34-31-19-25-13-7-8-14-28(25)35(31)40-22-39-34/h3*1-18,20-22H,19H2. The quantitative estimate of drug-likeness (QED) is 0.111. The molecule has 0 unspecified atom stereocenters. The molecular weight excluding hydrogens is 1660 g/mol. The van der Waals surface area contributed by atoms with E-state index in [9.17, 15) is 0 Å². The van der Waals surface area contributed by atoms with Crippen molar-refractivity contribution in [1.29, 1.82) is 0 Å². The van der Waals surface area contributed by atoms with Crippen LogP contribution in [0.3, 0.4) is 0 Å². The zero-order chi connectivity index (χ0) is 87.1. The van der Waals surface area contributed by atoms with Gasteiger partial charge in [0.1, 0.15) is 30.1 Å². The predicted octanol–water partition coefficient (Wildman–Crippen LogP) is 27.3. The lowest BCUT2D eigenvalue weighted by molar-refractivity contribution is 0.669. The molecule has 0 saturated heterocycles. The molecular formula is C114H69N15OS2. The van der Waals surface area contributed by atoms with Gasteiger partial charge in [-0.05, 0) is 95.6 Å². The Morgan fingerprint density at radius 1 is 0.182 bits per heavy atom. The molecule has 0 fully saturated rings. The Morgan fingerprint density at radius 3 is 0.788 bits per heavy atom. The van der Waals surface area contributed by atoms with Crippen LogP contribution in [0.1, 0.15) is 33.4 Å². The molecule has 0 spiro atoms. The number of hydrogen-bond acceptors (Lipinski definition) is 18. The summed E-state index contributed by atoms with van der Waals surface area (Å²) in [6, 6.07) is 125. The van der Waals surface area contributed by atoms with Gasteiger partial charge in [0.15, 0.2) is 52.4 Å². The molecule has 18 heteroatoms. The van der Waals surface area contributed by atoms with Gasteiger partial charge in [-0.15, -0.1) is 22.7 Å². The first-order valence-corrected chi connectivity index (χ1v) is 45.3. The van der Waals surface area contributed by atoms with E-state index in [2.05, 4.69) is 179 Å². The fraction of sp³-hybridized carbons (Fsp3) is 0.0263. The van der Waals surface area contributed by atoms with Crippen molar-refractivity contribution in [3.63, 3.8) is 0 Å². The summed E-state index contributed by atoms with van der Waals surface area (Å²) in [5.41, 5.74) is 30.6. The van der Waals surface area contributed by atoms with Crippen molar-refractivity contribution in [2.75, 3.05) is 0 Å². The van der Waals surface area contributed by atoms with Crippen molar-refractivity contribution in [3.05, 3.63) is 416 Å². The van der Waals surface area contributed by atoms with E-state index in [4.69, 9.17) is 64.2 Å². The second kappa shape index (κ2) is 32.6. The Kier molecular flexibility index (Phi) is 19.1. The summed E-state index contributed by atoms with van der Waals surface area (Å²) < 4.78 is 11.2. The molecule has 3 aliphatic carbocycles. The van der Waals surface area contributed by atoms with E-state index in [0.29, 0.717) is 52.4 Å². The van der Waals surface area contributed by atoms with Crippen LogP contribution in [0.15, 0.2) is 387 Å². The predicted molar refractivity (Wildman–Crippen MR) is 529 cm³/mol. The average molecular weight is 1730 g/mol. The molecule has 9 heterocycles. The van der Waals surface area contributed by atoms with Gasteiger partial charge in [-0.25, -0.2) is 74.8 Å². The van der Waals surface area contributed by atoms with Crippen LogP contribution >= 0.6 is 22.7 Å². The smallest absolute Gasteiger partial charge is 0.164 e. The van der Waals surface area contributed by atoms with Gasteiger partial charge < -0.3 is 4.42 Å². The maximum atomic E-state index is 6.28. The number of thiophene rings is 2. The van der Waals surface area contributed by atoms with Gasteiger partial charge in [-0.1, -0.05) is 285 Å². The van der Waals surface area contributed by atoms with Crippen LogP contribution in [0.25, 0.3) is 232 Å². The maximum Gasteiger partial charge on any atom is 0.164 e. The van der Waals surface area contributed by atoms with Crippen LogP contribution in [0, 0.1) is 0 Å². The van der Waals surface area contributed by atoms with E-state index >= 15 is 0 Å². The van der Waals surface area contributed by atoms with Crippen LogP contribution in [0.5, 0.6) is 0 Å². The number of fused-ring (bicyclic) bond motifs is 18. The van der Waals surface area contributed by atoms with E-state index in [0.717, 1.165) is 148 Å². The summed E-state index contributed by atoms with van der Waals surface area (Å²) in [6.07, 6.45) is 7.59. The summed E-state index contributed by atoms with van der Waals surface area (Å²) in [6.45, 7) is 0. The number of rotatable bonds is 12. The van der Waals surface area contributed by atoms with Crippen molar-refractivity contribution in [1.82, 2.24) is 74.8 Å². The Hall–Kier alpha value is -17.2. The molecule has 132 heavy (non-hydrogen) atoms. The topological polar surface area (TPSA) is 206 Å². The minimum absolute atomic E-state index is 0.608. The van der Waals surface area contributed by atoms with E-state index in [-0.39, 0.29) is 0 Å². The van der Waals surface area contributed by atoms with Crippen molar-refractivity contribution in [2.24, 2.45) is 0 Å². The third kappa shape index (κ3) is 14.1. The molecule has 24 aromatic rings. The first-order valence-electron chi connectivity index (χ1n) is 43.6. The van der Waals surface area contributed by atoms with Gasteiger partial charge in [0.25, 0.3) is 0 Å². The van der Waals surface area contributed by atoms with Gasteiger partial charge in [0, 0.05) is 171 Å². The van der Waals surface area contributed by atoms with E-state index in [1.807, 2.05) is 200 Å². The lowest BCUT2D eigenvalue weighted by Gasteiger charge is -2.09. The minimum atomic E-state index is 0.608. The molecule has 3 aliphatic rings. The van der Waals surface area contributed by atoms with Gasteiger partial charge in [0.2, 0.25) is 0 Å². The Balaban J connectivity index is 0.000000106. The Labute approximate surface area is 764 Å². The third-order valence-electron chi connectivity index (χ3n) is 24.9.